The van der Waals surface area contributed by atoms with Crippen LogP contribution in [0.4, 0.5) is 11.5 Å². The highest BCUT2D eigenvalue weighted by Gasteiger charge is 2.31. The summed E-state index contributed by atoms with van der Waals surface area (Å²) < 4.78 is 1.92. The van der Waals surface area contributed by atoms with E-state index in [1.54, 1.807) is 18.3 Å². The van der Waals surface area contributed by atoms with Gasteiger partial charge in [0.15, 0.2) is 5.82 Å². The maximum Gasteiger partial charge on any atom is 0.254 e. The Bertz CT molecular complexity index is 822. The zero-order valence-electron chi connectivity index (χ0n) is 16.2. The quantitative estimate of drug-likeness (QED) is 0.647. The Balaban J connectivity index is 1.42. The van der Waals surface area contributed by atoms with E-state index in [2.05, 4.69) is 22.7 Å². The van der Waals surface area contributed by atoms with Gasteiger partial charge in [-0.2, -0.15) is 5.10 Å². The first-order chi connectivity index (χ1) is 13.5. The molecule has 0 saturated heterocycles. The van der Waals surface area contributed by atoms with Crippen LogP contribution in [-0.4, -0.2) is 27.8 Å². The van der Waals surface area contributed by atoms with Crippen LogP contribution in [0.25, 0.3) is 0 Å². The van der Waals surface area contributed by atoms with E-state index >= 15 is 0 Å². The first kappa shape index (κ1) is 19.3. The molecule has 6 nitrogen and oxygen atoms in total. The van der Waals surface area contributed by atoms with Crippen LogP contribution in [0.1, 0.15) is 61.8 Å². The van der Waals surface area contributed by atoms with Crippen LogP contribution in [0, 0.1) is 5.92 Å². The topological polar surface area (TPSA) is 85.0 Å². The number of nitrogens with zero attached hydrogens (tertiary/aromatic N) is 2. The van der Waals surface area contributed by atoms with Crippen molar-refractivity contribution >= 4 is 29.0 Å². The molecule has 1 aromatic carbocycles. The van der Waals surface area contributed by atoms with Crippen LogP contribution >= 0.6 is 11.6 Å². The van der Waals surface area contributed by atoms with Gasteiger partial charge in [-0.3, -0.25) is 9.48 Å². The lowest BCUT2D eigenvalue weighted by molar-refractivity contribution is 0.100. The number of anilines is 2. The molecule has 7 heteroatoms. The second kappa shape index (κ2) is 8.13. The van der Waals surface area contributed by atoms with Gasteiger partial charge in [0, 0.05) is 29.0 Å². The maximum atomic E-state index is 11.9. The second-order valence-electron chi connectivity index (χ2n) is 8.17. The molecule has 0 bridgehead atoms. The molecule has 1 heterocycles. The van der Waals surface area contributed by atoms with Crippen LogP contribution in [0.5, 0.6) is 0 Å². The van der Waals surface area contributed by atoms with Crippen molar-refractivity contribution < 1.29 is 4.79 Å². The van der Waals surface area contributed by atoms with Crippen molar-refractivity contribution in [3.63, 3.8) is 0 Å². The summed E-state index contributed by atoms with van der Waals surface area (Å²) in [5, 5.41) is 12.3. The number of amides is 1. The van der Waals surface area contributed by atoms with E-state index in [0.29, 0.717) is 34.5 Å². The van der Waals surface area contributed by atoms with Crippen LogP contribution in [0.15, 0.2) is 30.5 Å². The summed E-state index contributed by atoms with van der Waals surface area (Å²) in [6.45, 7) is 2.31. The number of primary amides is 1. The Kier molecular flexibility index (Phi) is 5.60. The van der Waals surface area contributed by atoms with E-state index in [0.717, 1.165) is 37.3 Å². The fraction of sp³-hybridized carbons (Fsp3) is 0.524. The molecular formula is C21H28ClN5O. The number of hydrogen-bond donors (Lipinski definition) is 3. The minimum atomic E-state index is -0.476. The molecule has 0 radical (unpaired) electrons. The fourth-order valence-corrected chi connectivity index (χ4v) is 4.26. The molecule has 0 spiro atoms. The summed E-state index contributed by atoms with van der Waals surface area (Å²) in [5.41, 5.74) is 6.82. The Morgan fingerprint density at radius 3 is 2.46 bits per heavy atom. The Morgan fingerprint density at radius 2 is 1.86 bits per heavy atom. The van der Waals surface area contributed by atoms with Gasteiger partial charge >= 0.3 is 0 Å². The molecule has 4 N–H and O–H groups in total. The van der Waals surface area contributed by atoms with Gasteiger partial charge in [-0.05, 0) is 75.6 Å². The van der Waals surface area contributed by atoms with Crippen molar-refractivity contribution in [1.29, 1.82) is 0 Å². The van der Waals surface area contributed by atoms with Gasteiger partial charge in [0.05, 0.1) is 6.04 Å². The highest BCUT2D eigenvalue weighted by molar-refractivity contribution is 6.30. The lowest BCUT2D eigenvalue weighted by Gasteiger charge is -2.31. The van der Waals surface area contributed by atoms with E-state index < -0.39 is 5.91 Å². The van der Waals surface area contributed by atoms with Crippen LogP contribution < -0.4 is 16.4 Å². The molecule has 0 aliphatic heterocycles. The summed E-state index contributed by atoms with van der Waals surface area (Å²) in [6, 6.07) is 8.80. The van der Waals surface area contributed by atoms with Crippen molar-refractivity contribution in [2.24, 2.45) is 11.7 Å². The highest BCUT2D eigenvalue weighted by Crippen LogP contribution is 2.35. The second-order valence-corrected chi connectivity index (χ2v) is 8.60. The number of halogens is 1. The third-order valence-electron chi connectivity index (χ3n) is 6.00. The number of nitrogens with one attached hydrogen (secondary N) is 2. The molecule has 1 amide bonds. The van der Waals surface area contributed by atoms with Crippen molar-refractivity contribution in [3.05, 3.63) is 41.0 Å². The molecule has 2 fully saturated rings. The molecule has 2 aliphatic rings. The summed E-state index contributed by atoms with van der Waals surface area (Å²) in [6.07, 6.45) is 8.89. The summed E-state index contributed by atoms with van der Waals surface area (Å²) in [4.78, 5) is 11.9. The largest absolute Gasteiger partial charge is 0.365 e. The van der Waals surface area contributed by atoms with Crippen LogP contribution in [-0.2, 0) is 0 Å². The molecule has 28 heavy (non-hydrogen) atoms. The minimum absolute atomic E-state index is 0.299. The van der Waals surface area contributed by atoms with E-state index in [1.165, 1.54) is 12.8 Å². The lowest BCUT2D eigenvalue weighted by atomic mass is 9.90. The number of hydrogen-bond acceptors (Lipinski definition) is 4. The third-order valence-corrected chi connectivity index (χ3v) is 6.25. The summed E-state index contributed by atoms with van der Waals surface area (Å²) >= 11 is 5.94. The first-order valence-corrected chi connectivity index (χ1v) is 10.5. The van der Waals surface area contributed by atoms with Gasteiger partial charge in [0.25, 0.3) is 5.91 Å². The SMILES string of the molecule is C[C@H](NC1CCC(n2cc(C(N)=O)c(Nc3ccc(Cl)cc3)n2)CC1)C1CC1. The van der Waals surface area contributed by atoms with Gasteiger partial charge in [0.1, 0.15) is 5.56 Å². The van der Waals surface area contributed by atoms with Gasteiger partial charge < -0.3 is 16.4 Å². The zero-order valence-corrected chi connectivity index (χ0v) is 17.0. The van der Waals surface area contributed by atoms with Gasteiger partial charge in [-0.15, -0.1) is 0 Å². The maximum absolute atomic E-state index is 11.9. The van der Waals surface area contributed by atoms with Gasteiger partial charge in [0.2, 0.25) is 0 Å². The lowest BCUT2D eigenvalue weighted by Crippen LogP contribution is -2.40. The Hall–Kier alpha value is -2.05. The van der Waals surface area contributed by atoms with E-state index in [9.17, 15) is 4.79 Å². The minimum Gasteiger partial charge on any atom is -0.365 e. The van der Waals surface area contributed by atoms with Crippen molar-refractivity contribution in [2.75, 3.05) is 5.32 Å². The van der Waals surface area contributed by atoms with Crippen LogP contribution in [0.2, 0.25) is 5.02 Å². The number of rotatable bonds is 7. The standard InChI is InChI=1S/C21H28ClN5O/c1-13(14-2-3-14)24-16-8-10-18(11-9-16)27-12-19(20(23)28)21(26-27)25-17-6-4-15(22)5-7-17/h4-7,12-14,16,18,24H,2-3,8-11H2,1H3,(H2,23,28)(H,25,26)/t13-,16?,18?/m0/s1. The molecule has 150 valence electrons. The molecule has 1 atom stereocenters. The number of carbonyl (C=O) groups is 1. The molecule has 0 unspecified atom stereocenters. The molecule has 4 rings (SSSR count). The van der Waals surface area contributed by atoms with E-state index in [-0.39, 0.29) is 0 Å². The average Bonchev–Trinajstić information content (AvgIpc) is 3.45. The number of aromatic nitrogens is 2. The van der Waals surface area contributed by atoms with Crippen molar-refractivity contribution in [3.8, 4) is 0 Å². The first-order valence-electron chi connectivity index (χ1n) is 10.2. The van der Waals surface area contributed by atoms with Gasteiger partial charge in [-0.25, -0.2) is 0 Å². The van der Waals surface area contributed by atoms with E-state index in [1.807, 2.05) is 16.8 Å². The monoisotopic (exact) mass is 401 g/mol. The van der Waals surface area contributed by atoms with Crippen molar-refractivity contribution in [1.82, 2.24) is 15.1 Å². The van der Waals surface area contributed by atoms with Gasteiger partial charge in [-0.1, -0.05) is 11.6 Å². The number of nitrogens with two attached hydrogens (primary N) is 1. The van der Waals surface area contributed by atoms with Crippen molar-refractivity contribution in [2.45, 2.75) is 63.6 Å². The zero-order chi connectivity index (χ0) is 19.7. The molecule has 2 aliphatic carbocycles. The van der Waals surface area contributed by atoms with Crippen LogP contribution in [0.3, 0.4) is 0 Å². The Morgan fingerprint density at radius 1 is 1.18 bits per heavy atom. The predicted octanol–water partition coefficient (Wildman–Crippen LogP) is 4.25. The van der Waals surface area contributed by atoms with E-state index in [4.69, 9.17) is 17.3 Å². The molecule has 2 aromatic rings. The smallest absolute Gasteiger partial charge is 0.254 e. The summed E-state index contributed by atoms with van der Waals surface area (Å²) in [5.74, 6) is 0.900. The number of carbonyl (C=O) groups excluding carboxylic acids is 1. The average molecular weight is 402 g/mol. The molecule has 1 aromatic heterocycles. The number of benzene rings is 1. The third kappa shape index (κ3) is 4.50. The Labute approximate surface area is 170 Å². The highest BCUT2D eigenvalue weighted by atomic mass is 35.5. The predicted molar refractivity (Wildman–Crippen MR) is 112 cm³/mol. The fourth-order valence-electron chi connectivity index (χ4n) is 4.13. The normalized spacial score (nSPS) is 23.4. The molecule has 2 saturated carbocycles. The summed E-state index contributed by atoms with van der Waals surface area (Å²) in [7, 11) is 0. The molecular weight excluding hydrogens is 374 g/mol.